The maximum Gasteiger partial charge on any atom is 0.216 e. The van der Waals surface area contributed by atoms with Crippen molar-refractivity contribution in [2.24, 2.45) is 5.10 Å². The van der Waals surface area contributed by atoms with Crippen LogP contribution in [0.3, 0.4) is 0 Å². The lowest BCUT2D eigenvalue weighted by Crippen LogP contribution is -1.97. The van der Waals surface area contributed by atoms with Crippen molar-refractivity contribution < 1.29 is 9.13 Å². The number of rotatable bonds is 6. The summed E-state index contributed by atoms with van der Waals surface area (Å²) in [6.07, 6.45) is 1.64. The van der Waals surface area contributed by atoms with Gasteiger partial charge in [0.05, 0.1) is 11.2 Å². The highest BCUT2D eigenvalue weighted by molar-refractivity contribution is 7.71. The first-order valence-corrected chi connectivity index (χ1v) is 9.83. The fraction of sp³-hybridized carbons (Fsp3) is 0.0455. The van der Waals surface area contributed by atoms with Gasteiger partial charge in [0, 0.05) is 5.56 Å². The first kappa shape index (κ1) is 20.0. The second kappa shape index (κ2) is 9.02. The Morgan fingerprint density at radius 1 is 1.10 bits per heavy atom. The number of ether oxygens (including phenoxy) is 1. The van der Waals surface area contributed by atoms with Gasteiger partial charge in [-0.05, 0) is 53.7 Å². The topological polar surface area (TPSA) is 55.2 Å². The highest BCUT2D eigenvalue weighted by Gasteiger charge is 2.08. The summed E-state index contributed by atoms with van der Waals surface area (Å²) in [6, 6.07) is 21.2. The second-order valence-corrected chi connectivity index (χ2v) is 7.18. The van der Waals surface area contributed by atoms with Crippen LogP contribution in [0, 0.1) is 10.6 Å². The van der Waals surface area contributed by atoms with Gasteiger partial charge in [0.15, 0.2) is 5.82 Å². The van der Waals surface area contributed by atoms with Gasteiger partial charge < -0.3 is 4.74 Å². The zero-order chi connectivity index (χ0) is 20.9. The molecule has 0 aliphatic carbocycles. The predicted octanol–water partition coefficient (Wildman–Crippen LogP) is 5.86. The van der Waals surface area contributed by atoms with Crippen molar-refractivity contribution in [1.29, 1.82) is 0 Å². The Kier molecular flexibility index (Phi) is 6.02. The molecule has 150 valence electrons. The van der Waals surface area contributed by atoms with Gasteiger partial charge in [0.25, 0.3) is 0 Å². The predicted molar refractivity (Wildman–Crippen MR) is 118 cm³/mol. The van der Waals surface area contributed by atoms with Crippen LogP contribution in [-0.4, -0.2) is 21.1 Å². The molecule has 0 unspecified atom stereocenters. The van der Waals surface area contributed by atoms with Crippen molar-refractivity contribution in [1.82, 2.24) is 14.9 Å². The summed E-state index contributed by atoms with van der Waals surface area (Å²) in [4.78, 5) is 0. The maximum atomic E-state index is 13.3. The molecule has 0 bridgehead atoms. The summed E-state index contributed by atoms with van der Waals surface area (Å²) >= 11 is 11.6. The third-order valence-corrected chi connectivity index (χ3v) is 4.80. The minimum atomic E-state index is -0.304. The summed E-state index contributed by atoms with van der Waals surface area (Å²) in [6.45, 7) is 0.218. The molecule has 0 aliphatic rings. The fourth-order valence-electron chi connectivity index (χ4n) is 2.80. The van der Waals surface area contributed by atoms with Gasteiger partial charge in [-0.15, -0.1) is 0 Å². The summed E-state index contributed by atoms with van der Waals surface area (Å²) in [7, 11) is 0. The van der Waals surface area contributed by atoms with E-state index in [1.54, 1.807) is 35.2 Å². The van der Waals surface area contributed by atoms with Crippen LogP contribution >= 0.6 is 23.8 Å². The molecule has 30 heavy (non-hydrogen) atoms. The van der Waals surface area contributed by atoms with Gasteiger partial charge in [-0.25, -0.2) is 9.49 Å². The molecular formula is C22H16ClFN4OS. The molecule has 0 spiro atoms. The van der Waals surface area contributed by atoms with E-state index in [0.717, 1.165) is 16.7 Å². The summed E-state index contributed by atoms with van der Waals surface area (Å²) < 4.78 is 20.9. The second-order valence-electron chi connectivity index (χ2n) is 6.38. The monoisotopic (exact) mass is 438 g/mol. The smallest absolute Gasteiger partial charge is 0.216 e. The average molecular weight is 439 g/mol. The summed E-state index contributed by atoms with van der Waals surface area (Å²) in [5, 5.41) is 11.9. The van der Waals surface area contributed by atoms with Gasteiger partial charge in [0.1, 0.15) is 18.2 Å². The van der Waals surface area contributed by atoms with Gasteiger partial charge in [0.2, 0.25) is 4.77 Å². The van der Waals surface area contributed by atoms with E-state index in [4.69, 9.17) is 28.6 Å². The molecule has 8 heteroatoms. The Labute approximate surface area is 182 Å². The number of benzene rings is 3. The minimum Gasteiger partial charge on any atom is -0.487 e. The van der Waals surface area contributed by atoms with Crippen molar-refractivity contribution in [3.05, 3.63) is 99.5 Å². The first-order chi connectivity index (χ1) is 14.6. The summed E-state index contributed by atoms with van der Waals surface area (Å²) in [5.41, 5.74) is 2.38. The molecule has 0 fully saturated rings. The van der Waals surface area contributed by atoms with Crippen LogP contribution in [0.2, 0.25) is 5.02 Å². The number of nitrogens with zero attached hydrogens (tertiary/aromatic N) is 3. The van der Waals surface area contributed by atoms with Gasteiger partial charge in [-0.2, -0.15) is 14.9 Å². The zero-order valence-electron chi connectivity index (χ0n) is 15.6. The van der Waals surface area contributed by atoms with Crippen molar-refractivity contribution in [2.45, 2.75) is 6.61 Å². The van der Waals surface area contributed by atoms with Gasteiger partial charge in [-0.3, -0.25) is 0 Å². The van der Waals surface area contributed by atoms with Gasteiger partial charge >= 0.3 is 0 Å². The molecule has 0 amide bonds. The maximum absolute atomic E-state index is 13.3. The van der Waals surface area contributed by atoms with Crippen LogP contribution in [-0.2, 0) is 6.61 Å². The third kappa shape index (κ3) is 4.64. The number of hydrogen-bond acceptors (Lipinski definition) is 4. The van der Waals surface area contributed by atoms with Crippen molar-refractivity contribution in [3.8, 4) is 17.1 Å². The lowest BCUT2D eigenvalue weighted by Gasteiger charge is -2.09. The highest BCUT2D eigenvalue weighted by Crippen LogP contribution is 2.26. The SMILES string of the molecule is Fc1cccc(COc2ccc(/C=N\n3c(-c4ccccc4)n[nH]c3=S)cc2Cl)c1. The Morgan fingerprint density at radius 3 is 2.70 bits per heavy atom. The van der Waals surface area contributed by atoms with Crippen LogP contribution in [0.15, 0.2) is 77.9 Å². The molecule has 1 aromatic heterocycles. The molecule has 0 aliphatic heterocycles. The number of halogens is 2. The standard InChI is InChI=1S/C22H16ClFN4OS/c23-19-12-15(9-10-20(19)29-14-16-5-4-8-18(24)11-16)13-25-28-21(26-27-22(28)30)17-6-2-1-3-7-17/h1-13H,14H2,(H,27,30)/b25-13-. The Hall–Kier alpha value is -3.29. The van der Waals surface area contributed by atoms with Crippen LogP contribution in [0.5, 0.6) is 5.75 Å². The van der Waals surface area contributed by atoms with Crippen LogP contribution in [0.25, 0.3) is 11.4 Å². The van der Waals surface area contributed by atoms with Crippen LogP contribution in [0.4, 0.5) is 4.39 Å². The molecule has 1 N–H and O–H groups in total. The molecule has 0 saturated heterocycles. The number of aromatic nitrogens is 3. The van der Waals surface area contributed by atoms with E-state index in [1.807, 2.05) is 36.4 Å². The lowest BCUT2D eigenvalue weighted by molar-refractivity contribution is 0.306. The Bertz CT molecular complexity index is 1250. The largest absolute Gasteiger partial charge is 0.487 e. The van der Waals surface area contributed by atoms with E-state index in [0.29, 0.717) is 21.4 Å². The molecule has 0 atom stereocenters. The number of H-pyrrole nitrogens is 1. The van der Waals surface area contributed by atoms with E-state index in [2.05, 4.69) is 15.3 Å². The van der Waals surface area contributed by atoms with E-state index < -0.39 is 0 Å². The first-order valence-electron chi connectivity index (χ1n) is 9.04. The molecule has 1 heterocycles. The molecule has 4 rings (SSSR count). The minimum absolute atomic E-state index is 0.218. The van der Waals surface area contributed by atoms with Crippen molar-refractivity contribution in [3.63, 3.8) is 0 Å². The van der Waals surface area contributed by atoms with Crippen LogP contribution < -0.4 is 4.74 Å². The lowest BCUT2D eigenvalue weighted by atomic mass is 10.2. The van der Waals surface area contributed by atoms with Gasteiger partial charge in [-0.1, -0.05) is 54.1 Å². The van der Waals surface area contributed by atoms with Crippen LogP contribution in [0.1, 0.15) is 11.1 Å². The molecule has 3 aromatic carbocycles. The number of aromatic amines is 1. The third-order valence-electron chi connectivity index (χ3n) is 4.24. The molecule has 5 nitrogen and oxygen atoms in total. The highest BCUT2D eigenvalue weighted by atomic mass is 35.5. The Balaban J connectivity index is 1.51. The number of hydrogen-bond donors (Lipinski definition) is 1. The zero-order valence-corrected chi connectivity index (χ0v) is 17.2. The van der Waals surface area contributed by atoms with Crippen molar-refractivity contribution >= 4 is 30.0 Å². The molecule has 4 aromatic rings. The quantitative estimate of drug-likeness (QED) is 0.303. The van der Waals surface area contributed by atoms with Crippen molar-refractivity contribution in [2.75, 3.05) is 0 Å². The fourth-order valence-corrected chi connectivity index (χ4v) is 3.22. The average Bonchev–Trinajstić information content (AvgIpc) is 3.12. The summed E-state index contributed by atoms with van der Waals surface area (Å²) in [5.74, 6) is 0.808. The molecule has 0 saturated carbocycles. The normalized spacial score (nSPS) is 11.1. The van der Waals surface area contributed by atoms with E-state index >= 15 is 0 Å². The van der Waals surface area contributed by atoms with E-state index in [1.165, 1.54) is 12.1 Å². The van der Waals surface area contributed by atoms with E-state index in [9.17, 15) is 4.39 Å². The molecular weight excluding hydrogens is 423 g/mol. The molecule has 0 radical (unpaired) electrons. The Morgan fingerprint density at radius 2 is 1.93 bits per heavy atom. The number of nitrogens with one attached hydrogen (secondary N) is 1. The van der Waals surface area contributed by atoms with E-state index in [-0.39, 0.29) is 12.4 Å².